The summed E-state index contributed by atoms with van der Waals surface area (Å²) in [6.45, 7) is 3.44. The molecule has 0 unspecified atom stereocenters. The number of hydrogen-bond acceptors (Lipinski definition) is 5. The Kier molecular flexibility index (Phi) is 3.71. The van der Waals surface area contributed by atoms with Gasteiger partial charge in [-0.15, -0.1) is 11.3 Å². The Morgan fingerprint density at radius 3 is 2.85 bits per heavy atom. The molecular formula is C15H16N2O2S. The summed E-state index contributed by atoms with van der Waals surface area (Å²) >= 11 is 1.63. The van der Waals surface area contributed by atoms with E-state index in [1.54, 1.807) is 17.6 Å². The van der Waals surface area contributed by atoms with Gasteiger partial charge in [-0.25, -0.2) is 4.98 Å². The van der Waals surface area contributed by atoms with E-state index >= 15 is 0 Å². The average Bonchev–Trinajstić information content (AvgIpc) is 3.10. The Bertz CT molecular complexity index is 670. The van der Waals surface area contributed by atoms with Gasteiger partial charge >= 0.3 is 0 Å². The van der Waals surface area contributed by atoms with Crippen molar-refractivity contribution in [2.45, 2.75) is 20.0 Å². The lowest BCUT2D eigenvalue weighted by atomic mass is 10.3. The molecule has 0 aliphatic carbocycles. The number of aromatic nitrogens is 1. The van der Waals surface area contributed by atoms with Crippen LogP contribution in [0.4, 0.5) is 0 Å². The third-order valence-electron chi connectivity index (χ3n) is 2.94. The van der Waals surface area contributed by atoms with Gasteiger partial charge in [-0.3, -0.25) is 4.90 Å². The molecule has 0 aliphatic heterocycles. The zero-order valence-corrected chi connectivity index (χ0v) is 12.3. The van der Waals surface area contributed by atoms with Crippen molar-refractivity contribution in [3.63, 3.8) is 0 Å². The number of nitrogens with zero attached hydrogens (tertiary/aromatic N) is 2. The molecule has 104 valence electrons. The summed E-state index contributed by atoms with van der Waals surface area (Å²) in [5.74, 6) is 2.60. The highest BCUT2D eigenvalue weighted by Gasteiger charge is 2.10. The van der Waals surface area contributed by atoms with Crippen molar-refractivity contribution in [1.29, 1.82) is 0 Å². The van der Waals surface area contributed by atoms with Crippen LogP contribution in [0.1, 0.15) is 17.2 Å². The summed E-state index contributed by atoms with van der Waals surface area (Å²) in [7, 11) is 2.04. The molecule has 0 aliphatic rings. The summed E-state index contributed by atoms with van der Waals surface area (Å²) in [5.41, 5.74) is 0.930. The van der Waals surface area contributed by atoms with Crippen LogP contribution < -0.4 is 0 Å². The molecule has 0 radical (unpaired) electrons. The largest absolute Gasteiger partial charge is 0.465 e. The lowest BCUT2D eigenvalue weighted by Crippen LogP contribution is -2.17. The summed E-state index contributed by atoms with van der Waals surface area (Å²) in [6.07, 6.45) is 1.72. The first-order chi connectivity index (χ1) is 9.70. The molecule has 0 atom stereocenters. The monoisotopic (exact) mass is 288 g/mol. The third-order valence-corrected chi connectivity index (χ3v) is 3.80. The van der Waals surface area contributed by atoms with Crippen LogP contribution in [0.3, 0.4) is 0 Å². The number of thiophene rings is 1. The van der Waals surface area contributed by atoms with Crippen molar-refractivity contribution in [2.24, 2.45) is 0 Å². The van der Waals surface area contributed by atoms with Crippen LogP contribution >= 0.6 is 11.3 Å². The molecule has 3 aromatic heterocycles. The second-order valence-corrected chi connectivity index (χ2v) is 5.75. The second kappa shape index (κ2) is 5.64. The molecule has 20 heavy (non-hydrogen) atoms. The maximum absolute atomic E-state index is 5.57. The van der Waals surface area contributed by atoms with Crippen molar-refractivity contribution >= 4 is 11.3 Å². The standard InChI is InChI=1S/C15H16N2O2S/c1-11-5-6-13(19-11)9-17(2)8-12-10-18-15(16-12)14-4-3-7-20-14/h3-7,10H,8-9H2,1-2H3. The first-order valence-electron chi connectivity index (χ1n) is 6.43. The molecule has 0 aromatic carbocycles. The van der Waals surface area contributed by atoms with Crippen molar-refractivity contribution < 1.29 is 8.83 Å². The van der Waals surface area contributed by atoms with Gasteiger partial charge in [-0.05, 0) is 37.6 Å². The Labute approximate surface area is 121 Å². The molecular weight excluding hydrogens is 272 g/mol. The highest BCUT2D eigenvalue weighted by Crippen LogP contribution is 2.24. The quantitative estimate of drug-likeness (QED) is 0.713. The minimum absolute atomic E-state index is 0.692. The fourth-order valence-corrected chi connectivity index (χ4v) is 2.72. The molecule has 0 saturated carbocycles. The molecule has 0 spiro atoms. The van der Waals surface area contributed by atoms with Gasteiger partial charge in [0.15, 0.2) is 0 Å². The van der Waals surface area contributed by atoms with Crippen LogP contribution in [0.25, 0.3) is 10.8 Å². The van der Waals surface area contributed by atoms with E-state index in [2.05, 4.69) is 9.88 Å². The van der Waals surface area contributed by atoms with Crippen molar-refractivity contribution in [1.82, 2.24) is 9.88 Å². The Hall–Kier alpha value is -1.85. The van der Waals surface area contributed by atoms with Crippen LogP contribution in [0.15, 0.2) is 44.7 Å². The Morgan fingerprint density at radius 1 is 1.25 bits per heavy atom. The topological polar surface area (TPSA) is 42.4 Å². The molecule has 3 aromatic rings. The highest BCUT2D eigenvalue weighted by atomic mass is 32.1. The van der Waals surface area contributed by atoms with Gasteiger partial charge in [0.2, 0.25) is 5.89 Å². The van der Waals surface area contributed by atoms with E-state index in [1.807, 2.05) is 43.6 Å². The average molecular weight is 288 g/mol. The van der Waals surface area contributed by atoms with E-state index in [0.717, 1.165) is 35.2 Å². The predicted molar refractivity (Wildman–Crippen MR) is 78.4 cm³/mol. The lowest BCUT2D eigenvalue weighted by molar-refractivity contribution is 0.282. The first-order valence-corrected chi connectivity index (χ1v) is 7.31. The number of rotatable bonds is 5. The molecule has 5 heteroatoms. The van der Waals surface area contributed by atoms with Crippen LogP contribution in [0, 0.1) is 6.92 Å². The fraction of sp³-hybridized carbons (Fsp3) is 0.267. The molecule has 3 rings (SSSR count). The zero-order valence-electron chi connectivity index (χ0n) is 11.5. The van der Waals surface area contributed by atoms with Crippen LogP contribution in [-0.4, -0.2) is 16.9 Å². The lowest BCUT2D eigenvalue weighted by Gasteiger charge is -2.12. The van der Waals surface area contributed by atoms with Crippen LogP contribution in [-0.2, 0) is 13.1 Å². The van der Waals surface area contributed by atoms with E-state index in [0.29, 0.717) is 5.89 Å². The number of aryl methyl sites for hydroxylation is 1. The summed E-state index contributed by atoms with van der Waals surface area (Å²) in [6, 6.07) is 7.99. The normalized spacial score (nSPS) is 11.3. The highest BCUT2D eigenvalue weighted by molar-refractivity contribution is 7.13. The summed E-state index contributed by atoms with van der Waals surface area (Å²) in [5, 5.41) is 2.02. The van der Waals surface area contributed by atoms with Crippen molar-refractivity contribution in [3.05, 3.63) is 53.1 Å². The fourth-order valence-electron chi connectivity index (χ4n) is 2.06. The molecule has 0 N–H and O–H groups in total. The maximum Gasteiger partial charge on any atom is 0.236 e. The predicted octanol–water partition coefficient (Wildman–Crippen LogP) is 3.94. The Morgan fingerprint density at radius 2 is 2.15 bits per heavy atom. The summed E-state index contributed by atoms with van der Waals surface area (Å²) in [4.78, 5) is 7.71. The molecule has 4 nitrogen and oxygen atoms in total. The molecule has 0 saturated heterocycles. The van der Waals surface area contributed by atoms with Gasteiger partial charge in [0.05, 0.1) is 17.1 Å². The zero-order chi connectivity index (χ0) is 13.9. The van der Waals surface area contributed by atoms with E-state index in [4.69, 9.17) is 8.83 Å². The molecule has 3 heterocycles. The van der Waals surface area contributed by atoms with Crippen LogP contribution in [0.2, 0.25) is 0 Å². The van der Waals surface area contributed by atoms with Crippen molar-refractivity contribution in [3.8, 4) is 10.8 Å². The second-order valence-electron chi connectivity index (χ2n) is 4.81. The van der Waals surface area contributed by atoms with E-state index < -0.39 is 0 Å². The first kappa shape index (κ1) is 13.1. The van der Waals surface area contributed by atoms with Gasteiger partial charge in [-0.1, -0.05) is 6.07 Å². The van der Waals surface area contributed by atoms with Gasteiger partial charge in [0, 0.05) is 6.54 Å². The van der Waals surface area contributed by atoms with E-state index in [1.165, 1.54) is 0 Å². The number of hydrogen-bond donors (Lipinski definition) is 0. The van der Waals surface area contributed by atoms with E-state index in [9.17, 15) is 0 Å². The SMILES string of the molecule is Cc1ccc(CN(C)Cc2coc(-c3cccs3)n2)o1. The maximum atomic E-state index is 5.57. The van der Waals surface area contributed by atoms with Crippen LogP contribution in [0.5, 0.6) is 0 Å². The minimum atomic E-state index is 0.692. The Balaban J connectivity index is 1.63. The third kappa shape index (κ3) is 3.00. The van der Waals surface area contributed by atoms with E-state index in [-0.39, 0.29) is 0 Å². The minimum Gasteiger partial charge on any atom is -0.465 e. The smallest absolute Gasteiger partial charge is 0.236 e. The molecule has 0 bridgehead atoms. The summed E-state index contributed by atoms with van der Waals surface area (Å²) < 4.78 is 11.1. The van der Waals surface area contributed by atoms with Gasteiger partial charge in [-0.2, -0.15) is 0 Å². The number of oxazole rings is 1. The number of furan rings is 1. The van der Waals surface area contributed by atoms with Gasteiger partial charge < -0.3 is 8.83 Å². The molecule has 0 amide bonds. The van der Waals surface area contributed by atoms with Gasteiger partial charge in [0.25, 0.3) is 0 Å². The van der Waals surface area contributed by atoms with Gasteiger partial charge in [0.1, 0.15) is 17.8 Å². The van der Waals surface area contributed by atoms with Crippen molar-refractivity contribution in [2.75, 3.05) is 7.05 Å². The molecule has 0 fully saturated rings.